The third-order valence-electron chi connectivity index (χ3n) is 6.17. The zero-order chi connectivity index (χ0) is 37.1. The minimum Gasteiger partial charge on any atom is -0.460 e. The minimum atomic E-state index is -5.67. The Hall–Kier alpha value is -1.46. The number of aromatic nitrogens is 4. The lowest BCUT2D eigenvalue weighted by Gasteiger charge is -2.19. The summed E-state index contributed by atoms with van der Waals surface area (Å²) in [7, 11) is -16.6. The Morgan fingerprint density at radius 1 is 0.878 bits per heavy atom. The molecule has 2 fully saturated rings. The Bertz CT molecular complexity index is 1910. The Morgan fingerprint density at radius 2 is 1.37 bits per heavy atom. The lowest BCUT2D eigenvalue weighted by atomic mass is 10.2. The number of hydrogen-bond donors (Lipinski definition) is 8. The quantitative estimate of drug-likeness (QED) is 0.0720. The van der Waals surface area contributed by atoms with Gasteiger partial charge in [0.1, 0.15) is 30.8 Å². The third-order valence-corrected chi connectivity index (χ3v) is 11.5. The average molecular weight is 990 g/mol. The molecule has 24 nitrogen and oxygen atoms in total. The lowest BCUT2D eigenvalue weighted by Crippen LogP contribution is -2.33. The molecule has 0 radical (unpaired) electrons. The molecule has 0 amide bonds. The zero-order valence-electron chi connectivity index (χ0n) is 24.3. The Kier molecular flexibility index (Phi) is 14.5. The number of aromatic amines is 2. The first-order valence-corrected chi connectivity index (χ1v) is 19.8. The molecule has 2 aromatic rings. The molecule has 2 saturated heterocycles. The Balaban J connectivity index is 0.000000284. The number of nitrogens with one attached hydrogen (secondary N) is 2. The summed E-state index contributed by atoms with van der Waals surface area (Å²) in [5.74, 6) is -0.485. The number of esters is 1. The van der Waals surface area contributed by atoms with Gasteiger partial charge in [-0.1, -0.05) is 0 Å². The van der Waals surface area contributed by atoms with Crippen LogP contribution in [0.1, 0.15) is 32.2 Å². The van der Waals surface area contributed by atoms with Crippen LogP contribution in [-0.4, -0.2) is 92.5 Å². The van der Waals surface area contributed by atoms with Crippen molar-refractivity contribution >= 4 is 74.6 Å². The molecule has 0 bridgehead atoms. The van der Waals surface area contributed by atoms with Crippen molar-refractivity contribution in [3.8, 4) is 0 Å². The molecule has 276 valence electrons. The first kappa shape index (κ1) is 42.0. The van der Waals surface area contributed by atoms with Gasteiger partial charge >= 0.3 is 40.8 Å². The number of nitrogens with zero attached hydrogens (tertiary/aromatic N) is 2. The van der Waals surface area contributed by atoms with E-state index >= 15 is 0 Å². The SMILES string of the molecule is CC(=O)OC1C[C@H](n2cc(I)c(=O)[nH]c2=O)O[C@@H]1CO.O=c1[nH]c(=O)n([C@H]2CC(O)[C@@H](COP(=O)(O)OP(=O)(O)OP(=O)(O)O)O2)cc1I. The molecule has 2 aromatic heterocycles. The first-order chi connectivity index (χ1) is 22.5. The number of phosphoric ester groups is 1. The molecule has 2 aliphatic heterocycles. The number of aliphatic hydroxyl groups is 2. The van der Waals surface area contributed by atoms with Crippen LogP contribution in [0.25, 0.3) is 0 Å². The van der Waals surface area contributed by atoms with Crippen molar-refractivity contribution in [3.63, 3.8) is 0 Å². The van der Waals surface area contributed by atoms with Gasteiger partial charge in [0.15, 0.2) is 0 Å². The van der Waals surface area contributed by atoms with Crippen LogP contribution in [0.2, 0.25) is 0 Å². The van der Waals surface area contributed by atoms with Crippen LogP contribution in [0.3, 0.4) is 0 Å². The number of carbonyl (C=O) groups is 1. The summed E-state index contributed by atoms with van der Waals surface area (Å²) in [6, 6.07) is 0. The van der Waals surface area contributed by atoms with E-state index in [-0.39, 0.29) is 23.0 Å². The molecular formula is C20H27I2N4O20P3. The highest BCUT2D eigenvalue weighted by atomic mass is 127. The highest BCUT2D eigenvalue weighted by molar-refractivity contribution is 14.1. The van der Waals surface area contributed by atoms with Crippen molar-refractivity contribution in [2.45, 2.75) is 56.6 Å². The van der Waals surface area contributed by atoms with E-state index in [1.165, 1.54) is 23.9 Å². The van der Waals surface area contributed by atoms with E-state index in [9.17, 15) is 52.8 Å². The fraction of sp³-hybridized carbons (Fsp3) is 0.550. The number of ether oxygens (including phenoxy) is 3. The number of halogens is 2. The van der Waals surface area contributed by atoms with Crippen LogP contribution >= 0.6 is 68.6 Å². The normalized spacial score (nSPS) is 26.3. The Labute approximate surface area is 299 Å². The second-order valence-electron chi connectivity index (χ2n) is 9.80. The van der Waals surface area contributed by atoms with Crippen LogP contribution in [0.15, 0.2) is 31.6 Å². The number of H-pyrrole nitrogens is 2. The van der Waals surface area contributed by atoms with E-state index in [1.807, 2.05) is 4.98 Å². The fourth-order valence-electron chi connectivity index (χ4n) is 4.23. The maximum absolute atomic E-state index is 11.9. The molecule has 4 heterocycles. The number of rotatable bonds is 11. The van der Waals surface area contributed by atoms with Crippen molar-refractivity contribution in [2.24, 2.45) is 0 Å². The molecule has 4 rings (SSSR count). The molecule has 8 N–H and O–H groups in total. The maximum Gasteiger partial charge on any atom is 0.490 e. The smallest absolute Gasteiger partial charge is 0.460 e. The summed E-state index contributed by atoms with van der Waals surface area (Å²) in [6.45, 7) is 0.0526. The Morgan fingerprint density at radius 3 is 1.84 bits per heavy atom. The highest BCUT2D eigenvalue weighted by Crippen LogP contribution is 2.66. The molecule has 0 aliphatic carbocycles. The van der Waals surface area contributed by atoms with E-state index in [0.29, 0.717) is 3.57 Å². The number of phosphoric acid groups is 3. The molecule has 2 aliphatic rings. The van der Waals surface area contributed by atoms with Gasteiger partial charge in [0.25, 0.3) is 11.1 Å². The van der Waals surface area contributed by atoms with Gasteiger partial charge in [-0.3, -0.25) is 38.0 Å². The van der Waals surface area contributed by atoms with Gasteiger partial charge in [-0.15, -0.1) is 0 Å². The molecule has 4 unspecified atom stereocenters. The number of carbonyl (C=O) groups excluding carboxylic acids is 1. The molecule has 0 saturated carbocycles. The van der Waals surface area contributed by atoms with Crippen LogP contribution in [0.5, 0.6) is 0 Å². The van der Waals surface area contributed by atoms with Gasteiger partial charge in [0.2, 0.25) is 0 Å². The van der Waals surface area contributed by atoms with Crippen LogP contribution in [0, 0.1) is 7.14 Å². The van der Waals surface area contributed by atoms with E-state index in [2.05, 4.69) is 18.1 Å². The van der Waals surface area contributed by atoms with E-state index in [0.717, 1.165) is 4.57 Å². The van der Waals surface area contributed by atoms with Gasteiger partial charge in [0, 0.05) is 32.2 Å². The summed E-state index contributed by atoms with van der Waals surface area (Å²) in [5, 5.41) is 19.2. The molecule has 0 spiro atoms. The van der Waals surface area contributed by atoms with Crippen molar-refractivity contribution in [1.29, 1.82) is 0 Å². The summed E-state index contributed by atoms with van der Waals surface area (Å²) < 4.78 is 63.5. The second-order valence-corrected chi connectivity index (χ2v) is 16.5. The van der Waals surface area contributed by atoms with E-state index in [1.54, 1.807) is 45.2 Å². The molecule has 8 atom stereocenters. The molecule has 29 heteroatoms. The second kappa shape index (κ2) is 16.9. The van der Waals surface area contributed by atoms with Crippen molar-refractivity contribution in [3.05, 3.63) is 61.2 Å². The zero-order valence-corrected chi connectivity index (χ0v) is 31.3. The largest absolute Gasteiger partial charge is 0.490 e. The lowest BCUT2D eigenvalue weighted by molar-refractivity contribution is -0.150. The maximum atomic E-state index is 11.9. The predicted molar refractivity (Wildman–Crippen MR) is 174 cm³/mol. The summed E-state index contributed by atoms with van der Waals surface area (Å²) in [5.41, 5.74) is -2.54. The fourth-order valence-corrected chi connectivity index (χ4v) is 8.13. The van der Waals surface area contributed by atoms with E-state index in [4.69, 9.17) is 28.9 Å². The number of aliphatic hydroxyl groups excluding tert-OH is 2. The van der Waals surface area contributed by atoms with Gasteiger partial charge in [0.05, 0.1) is 26.5 Å². The molecule has 49 heavy (non-hydrogen) atoms. The topological polar surface area (TPSA) is 355 Å². The van der Waals surface area contributed by atoms with Crippen molar-refractivity contribution < 1.29 is 75.6 Å². The minimum absolute atomic E-state index is 0.150. The van der Waals surface area contributed by atoms with Gasteiger partial charge in [-0.05, 0) is 45.2 Å². The monoisotopic (exact) mass is 990 g/mol. The van der Waals surface area contributed by atoms with Crippen LogP contribution in [-0.2, 0) is 45.8 Å². The van der Waals surface area contributed by atoms with Crippen molar-refractivity contribution in [1.82, 2.24) is 19.1 Å². The number of hydrogen-bond acceptors (Lipinski definition) is 16. The van der Waals surface area contributed by atoms with Gasteiger partial charge < -0.3 is 44.0 Å². The third kappa shape index (κ3) is 12.3. The van der Waals surface area contributed by atoms with Gasteiger partial charge in [-0.25, -0.2) is 23.3 Å². The van der Waals surface area contributed by atoms with Gasteiger partial charge in [-0.2, -0.15) is 8.62 Å². The van der Waals surface area contributed by atoms with Crippen molar-refractivity contribution in [2.75, 3.05) is 13.2 Å². The molecule has 0 aromatic carbocycles. The average Bonchev–Trinajstić information content (AvgIpc) is 3.52. The highest BCUT2D eigenvalue weighted by Gasteiger charge is 2.43. The first-order valence-electron chi connectivity index (χ1n) is 13.1. The summed E-state index contributed by atoms with van der Waals surface area (Å²) in [4.78, 5) is 96.8. The summed E-state index contributed by atoms with van der Waals surface area (Å²) in [6.07, 6.45) is -3.11. The predicted octanol–water partition coefficient (Wildman–Crippen LogP) is -1.51. The van der Waals surface area contributed by atoms with E-state index < -0.39 is 95.4 Å². The molecular weight excluding hydrogens is 963 g/mol. The van der Waals surface area contributed by atoms with Crippen LogP contribution in [0.4, 0.5) is 0 Å². The standard InChI is InChI=1S/C11H13IN2O6.C9H14IN2O14P3/c1-5(16)19-7-2-9(20-8(7)4-15)14-3-6(12)10(17)13-11(14)18;10-4-2-12(9(15)11-8(4)14)7-1-5(13)6(24-7)3-23-28(19,20)26-29(21,22)25-27(16,17)18/h3,7-9,15H,2,4H2,1H3,(H,13,17,18);2,5-7,13H,1,3H2,(H,19,20)(H,21,22)(H,11,14,15)(H2,16,17,18)/t7?,8-,9-;5?,6-,7-/m11/s1. The van der Waals surface area contributed by atoms with Crippen LogP contribution < -0.4 is 22.5 Å². The summed E-state index contributed by atoms with van der Waals surface area (Å²) >= 11 is 3.46.